The Morgan fingerprint density at radius 3 is 2.15 bits per heavy atom. The van der Waals surface area contributed by atoms with Crippen LogP contribution in [0.5, 0.6) is 0 Å². The second-order valence-corrected chi connectivity index (χ2v) is 7.22. The highest BCUT2D eigenvalue weighted by atomic mass is 16.9. The lowest BCUT2D eigenvalue weighted by atomic mass is 10.2. The van der Waals surface area contributed by atoms with Gasteiger partial charge in [-0.05, 0) is 47.0 Å². The Bertz CT molecular complexity index is 323. The molecule has 0 heterocycles. The van der Waals surface area contributed by atoms with Crippen LogP contribution in [0.15, 0.2) is 0 Å². The largest absolute Gasteiger partial charge is 0.381 e. The summed E-state index contributed by atoms with van der Waals surface area (Å²) < 4.78 is 28.9. The smallest absolute Gasteiger partial charge is 0.283 e. The molecule has 26 heavy (non-hydrogen) atoms. The third kappa shape index (κ3) is 12.2. The van der Waals surface area contributed by atoms with E-state index in [1.54, 1.807) is 0 Å². The first-order chi connectivity index (χ1) is 12.3. The maximum atomic E-state index is 9.72. The van der Waals surface area contributed by atoms with Crippen LogP contribution in [0.1, 0.15) is 74.1 Å². The summed E-state index contributed by atoms with van der Waals surface area (Å²) in [6, 6.07) is 0. The minimum atomic E-state index is -0.986. The summed E-state index contributed by atoms with van der Waals surface area (Å²) >= 11 is 0. The van der Waals surface area contributed by atoms with Crippen molar-refractivity contribution in [2.45, 2.75) is 98.6 Å². The molecule has 0 amide bonds. The molecule has 6 heteroatoms. The standard InChI is InChI=1S/C20H42O6/c1-8-13-24-20(23-9-2,26-17(5)6)12-10-14-22-15-11-18(7)25-19(21)16(3)4/h16-19,21H,8-15H2,1-7H3. The van der Waals surface area contributed by atoms with Crippen molar-refractivity contribution in [2.75, 3.05) is 26.4 Å². The Morgan fingerprint density at radius 1 is 0.923 bits per heavy atom. The monoisotopic (exact) mass is 378 g/mol. The summed E-state index contributed by atoms with van der Waals surface area (Å²) in [6.07, 6.45) is 2.32. The first kappa shape index (κ1) is 25.8. The number of aliphatic hydroxyl groups is 1. The number of aliphatic hydroxyl groups excluding tert-OH is 1. The van der Waals surface area contributed by atoms with Gasteiger partial charge in [0, 0.05) is 32.2 Å². The van der Waals surface area contributed by atoms with Crippen LogP contribution in [-0.4, -0.2) is 56.0 Å². The van der Waals surface area contributed by atoms with E-state index in [2.05, 4.69) is 6.92 Å². The first-order valence-electron chi connectivity index (χ1n) is 10.1. The third-order valence-electron chi connectivity index (χ3n) is 3.69. The topological polar surface area (TPSA) is 66.4 Å². The van der Waals surface area contributed by atoms with E-state index in [1.807, 2.05) is 41.5 Å². The molecule has 0 bridgehead atoms. The molecule has 0 radical (unpaired) electrons. The van der Waals surface area contributed by atoms with E-state index < -0.39 is 12.3 Å². The molecule has 0 aromatic heterocycles. The molecule has 0 saturated carbocycles. The van der Waals surface area contributed by atoms with Crippen LogP contribution in [0.4, 0.5) is 0 Å². The highest BCUT2D eigenvalue weighted by Gasteiger charge is 2.33. The summed E-state index contributed by atoms with van der Waals surface area (Å²) in [4.78, 5) is 0. The highest BCUT2D eigenvalue weighted by molar-refractivity contribution is 4.61. The molecule has 0 aromatic rings. The summed E-state index contributed by atoms with van der Waals surface area (Å²) in [5, 5.41) is 9.72. The maximum absolute atomic E-state index is 9.72. The average molecular weight is 379 g/mol. The lowest BCUT2D eigenvalue weighted by Crippen LogP contribution is -2.42. The second kappa shape index (κ2) is 14.8. The van der Waals surface area contributed by atoms with Gasteiger partial charge in [0.2, 0.25) is 0 Å². The molecule has 0 aliphatic carbocycles. The van der Waals surface area contributed by atoms with Crippen molar-refractivity contribution < 1.29 is 28.8 Å². The summed E-state index contributed by atoms with van der Waals surface area (Å²) in [5.74, 6) is -0.894. The van der Waals surface area contributed by atoms with Crippen molar-refractivity contribution in [1.29, 1.82) is 0 Å². The van der Waals surface area contributed by atoms with Gasteiger partial charge in [0.15, 0.2) is 6.29 Å². The number of hydrogen-bond acceptors (Lipinski definition) is 6. The normalized spacial score (nSPS) is 16.8. The van der Waals surface area contributed by atoms with Gasteiger partial charge in [0.05, 0.1) is 18.8 Å². The van der Waals surface area contributed by atoms with Gasteiger partial charge in [0.25, 0.3) is 5.97 Å². The van der Waals surface area contributed by atoms with Crippen LogP contribution in [0.2, 0.25) is 0 Å². The molecule has 158 valence electrons. The van der Waals surface area contributed by atoms with Crippen LogP contribution in [0.3, 0.4) is 0 Å². The van der Waals surface area contributed by atoms with Crippen LogP contribution in [-0.2, 0) is 23.7 Å². The van der Waals surface area contributed by atoms with E-state index in [0.29, 0.717) is 32.8 Å². The minimum Gasteiger partial charge on any atom is -0.381 e. The molecule has 0 fully saturated rings. The Kier molecular flexibility index (Phi) is 14.6. The molecule has 3 atom stereocenters. The van der Waals surface area contributed by atoms with Crippen molar-refractivity contribution in [3.8, 4) is 0 Å². The Labute approximate surface area is 160 Å². The molecule has 3 unspecified atom stereocenters. The zero-order valence-electron chi connectivity index (χ0n) is 18.0. The number of ether oxygens (including phenoxy) is 5. The van der Waals surface area contributed by atoms with E-state index in [1.165, 1.54) is 0 Å². The van der Waals surface area contributed by atoms with Crippen LogP contribution < -0.4 is 0 Å². The fraction of sp³-hybridized carbons (Fsp3) is 1.00. The second-order valence-electron chi connectivity index (χ2n) is 7.22. The predicted molar refractivity (Wildman–Crippen MR) is 103 cm³/mol. The van der Waals surface area contributed by atoms with Gasteiger partial charge in [0.1, 0.15) is 0 Å². The van der Waals surface area contributed by atoms with Crippen molar-refractivity contribution >= 4 is 0 Å². The summed E-state index contributed by atoms with van der Waals surface area (Å²) in [7, 11) is 0. The minimum absolute atomic E-state index is 0.0182. The Morgan fingerprint density at radius 2 is 1.62 bits per heavy atom. The summed E-state index contributed by atoms with van der Waals surface area (Å²) in [5.41, 5.74) is 0. The molecular weight excluding hydrogens is 336 g/mol. The molecule has 0 rings (SSSR count). The van der Waals surface area contributed by atoms with Crippen molar-refractivity contribution in [2.24, 2.45) is 5.92 Å². The molecule has 0 aliphatic rings. The predicted octanol–water partition coefficient (Wildman–Crippen LogP) is 4.09. The molecule has 0 spiro atoms. The maximum Gasteiger partial charge on any atom is 0.283 e. The van der Waals surface area contributed by atoms with Gasteiger partial charge < -0.3 is 28.8 Å². The third-order valence-corrected chi connectivity index (χ3v) is 3.69. The van der Waals surface area contributed by atoms with Gasteiger partial charge in [-0.15, -0.1) is 0 Å². The van der Waals surface area contributed by atoms with Crippen LogP contribution >= 0.6 is 0 Å². The van der Waals surface area contributed by atoms with E-state index >= 15 is 0 Å². The van der Waals surface area contributed by atoms with E-state index in [9.17, 15) is 5.11 Å². The molecule has 0 aromatic carbocycles. The Balaban J connectivity index is 4.17. The number of hydrogen-bond donors (Lipinski definition) is 1. The zero-order valence-corrected chi connectivity index (χ0v) is 18.0. The Hall–Kier alpha value is -0.240. The van der Waals surface area contributed by atoms with Gasteiger partial charge in [-0.1, -0.05) is 20.8 Å². The van der Waals surface area contributed by atoms with Crippen molar-refractivity contribution in [3.05, 3.63) is 0 Å². The molecule has 1 N–H and O–H groups in total. The lowest BCUT2D eigenvalue weighted by Gasteiger charge is -2.34. The van der Waals surface area contributed by atoms with Gasteiger partial charge in [-0.25, -0.2) is 0 Å². The zero-order chi connectivity index (χ0) is 20.0. The van der Waals surface area contributed by atoms with Crippen LogP contribution in [0.25, 0.3) is 0 Å². The van der Waals surface area contributed by atoms with E-state index in [-0.39, 0.29) is 18.1 Å². The number of rotatable bonds is 17. The lowest BCUT2D eigenvalue weighted by molar-refractivity contribution is -0.392. The highest BCUT2D eigenvalue weighted by Crippen LogP contribution is 2.24. The summed E-state index contributed by atoms with van der Waals surface area (Å²) in [6.45, 7) is 16.1. The average Bonchev–Trinajstić information content (AvgIpc) is 2.55. The molecular formula is C20H42O6. The quantitative estimate of drug-likeness (QED) is 0.304. The van der Waals surface area contributed by atoms with Crippen molar-refractivity contribution in [3.63, 3.8) is 0 Å². The van der Waals surface area contributed by atoms with Gasteiger partial charge >= 0.3 is 0 Å². The van der Waals surface area contributed by atoms with E-state index in [4.69, 9.17) is 23.7 Å². The van der Waals surface area contributed by atoms with Crippen LogP contribution in [0, 0.1) is 5.92 Å². The molecule has 0 saturated heterocycles. The SMILES string of the molecule is CCCOC(CCCOCCC(C)OC(O)C(C)C)(OCC)OC(C)C. The first-order valence-corrected chi connectivity index (χ1v) is 10.1. The molecule has 0 aliphatic heterocycles. The van der Waals surface area contributed by atoms with Gasteiger partial charge in [-0.2, -0.15) is 0 Å². The fourth-order valence-electron chi connectivity index (χ4n) is 2.35. The van der Waals surface area contributed by atoms with Gasteiger partial charge in [-0.3, -0.25) is 0 Å². The fourth-order valence-corrected chi connectivity index (χ4v) is 2.35. The van der Waals surface area contributed by atoms with E-state index in [0.717, 1.165) is 19.3 Å². The van der Waals surface area contributed by atoms with Crippen molar-refractivity contribution in [1.82, 2.24) is 0 Å². The molecule has 6 nitrogen and oxygen atoms in total.